The Labute approximate surface area is 70.5 Å². The van der Waals surface area contributed by atoms with Crippen LogP contribution in [0.3, 0.4) is 0 Å². The zero-order valence-electron chi connectivity index (χ0n) is 6.22. The Kier molecular flexibility index (Phi) is 1.86. The maximum Gasteiger partial charge on any atom is 0.229 e. The molecule has 11 heavy (non-hydrogen) atoms. The largest absolute Gasteiger partial charge is 0.344 e. The number of aromatic nitrogens is 1. The summed E-state index contributed by atoms with van der Waals surface area (Å²) < 4.78 is 4.79. The molecule has 0 amide bonds. The second kappa shape index (κ2) is 2.86. The van der Waals surface area contributed by atoms with Gasteiger partial charge in [-0.15, -0.1) is 0 Å². The van der Waals surface area contributed by atoms with Gasteiger partial charge in [-0.25, -0.2) is 0 Å². The fraction of sp³-hybridized carbons (Fsp3) is 0.625. The van der Waals surface area contributed by atoms with Gasteiger partial charge in [-0.3, -0.25) is 0 Å². The first-order valence-electron chi connectivity index (χ1n) is 3.98. The minimum atomic E-state index is 0.483. The molecule has 3 heteroatoms. The van der Waals surface area contributed by atoms with E-state index in [-0.39, 0.29) is 0 Å². The van der Waals surface area contributed by atoms with Gasteiger partial charge < -0.3 is 4.52 Å². The van der Waals surface area contributed by atoms with Crippen molar-refractivity contribution in [2.45, 2.75) is 31.6 Å². The Balaban J connectivity index is 2.21. The highest BCUT2D eigenvalue weighted by atomic mass is 35.5. The third-order valence-electron chi connectivity index (χ3n) is 2.35. The first kappa shape index (κ1) is 7.17. The van der Waals surface area contributed by atoms with E-state index in [0.29, 0.717) is 11.1 Å². The molecule has 1 aromatic rings. The van der Waals surface area contributed by atoms with Gasteiger partial charge in [-0.05, 0) is 30.4 Å². The van der Waals surface area contributed by atoms with E-state index < -0.39 is 0 Å². The molecular weight excluding hydrogens is 162 g/mol. The lowest BCUT2D eigenvalue weighted by Crippen LogP contribution is -1.89. The summed E-state index contributed by atoms with van der Waals surface area (Å²) in [5.74, 6) is 0.605. The first-order valence-corrected chi connectivity index (χ1v) is 4.36. The zero-order chi connectivity index (χ0) is 7.68. The van der Waals surface area contributed by atoms with Crippen molar-refractivity contribution in [1.82, 2.24) is 5.16 Å². The topological polar surface area (TPSA) is 26.0 Å². The van der Waals surface area contributed by atoms with Crippen LogP contribution < -0.4 is 0 Å². The van der Waals surface area contributed by atoms with E-state index in [9.17, 15) is 0 Å². The average molecular weight is 172 g/mol. The average Bonchev–Trinajstić information content (AvgIpc) is 2.55. The standard InChI is InChI=1S/C8H10ClNO/c9-8-7(5-10-11-8)6-3-1-2-4-6/h5-6H,1-4H2. The summed E-state index contributed by atoms with van der Waals surface area (Å²) in [6.07, 6.45) is 6.85. The van der Waals surface area contributed by atoms with Gasteiger partial charge in [0.05, 0.1) is 6.20 Å². The molecule has 1 aromatic heterocycles. The number of halogens is 1. The summed E-state index contributed by atoms with van der Waals surface area (Å²) in [5, 5.41) is 4.14. The third kappa shape index (κ3) is 1.27. The highest BCUT2D eigenvalue weighted by Crippen LogP contribution is 2.37. The van der Waals surface area contributed by atoms with Crippen LogP contribution in [0, 0.1) is 0 Å². The van der Waals surface area contributed by atoms with Crippen molar-refractivity contribution < 1.29 is 4.52 Å². The van der Waals surface area contributed by atoms with Crippen LogP contribution in [-0.2, 0) is 0 Å². The molecule has 1 aliphatic carbocycles. The van der Waals surface area contributed by atoms with Crippen molar-refractivity contribution in [3.63, 3.8) is 0 Å². The van der Waals surface area contributed by atoms with E-state index in [4.69, 9.17) is 16.1 Å². The van der Waals surface area contributed by atoms with Crippen molar-refractivity contribution in [2.75, 3.05) is 0 Å². The molecular formula is C8H10ClNO. The Morgan fingerprint density at radius 1 is 1.45 bits per heavy atom. The Morgan fingerprint density at radius 3 is 2.73 bits per heavy atom. The summed E-state index contributed by atoms with van der Waals surface area (Å²) in [6, 6.07) is 0. The van der Waals surface area contributed by atoms with Gasteiger partial charge in [0.25, 0.3) is 0 Å². The SMILES string of the molecule is Clc1oncc1C1CCCC1. The predicted octanol–water partition coefficient (Wildman–Crippen LogP) is 2.99. The second-order valence-corrected chi connectivity index (χ2v) is 3.38. The van der Waals surface area contributed by atoms with E-state index in [2.05, 4.69) is 5.16 Å². The maximum absolute atomic E-state index is 5.79. The van der Waals surface area contributed by atoms with Crippen LogP contribution in [0.4, 0.5) is 0 Å². The Morgan fingerprint density at radius 2 is 2.18 bits per heavy atom. The van der Waals surface area contributed by atoms with Gasteiger partial charge in [0.1, 0.15) is 0 Å². The predicted molar refractivity (Wildman–Crippen MR) is 42.7 cm³/mol. The van der Waals surface area contributed by atoms with Gasteiger partial charge in [0, 0.05) is 5.56 Å². The summed E-state index contributed by atoms with van der Waals surface area (Å²) >= 11 is 5.79. The molecule has 1 saturated carbocycles. The molecule has 0 bridgehead atoms. The molecule has 2 nitrogen and oxygen atoms in total. The highest BCUT2D eigenvalue weighted by molar-refractivity contribution is 6.29. The van der Waals surface area contributed by atoms with Crippen LogP contribution >= 0.6 is 11.6 Å². The fourth-order valence-corrected chi connectivity index (χ4v) is 1.98. The van der Waals surface area contributed by atoms with Gasteiger partial charge in [0.15, 0.2) is 0 Å². The Hall–Kier alpha value is -0.500. The van der Waals surface area contributed by atoms with Gasteiger partial charge in [0.2, 0.25) is 5.22 Å². The lowest BCUT2D eigenvalue weighted by atomic mass is 10.0. The van der Waals surface area contributed by atoms with Crippen LogP contribution in [0.1, 0.15) is 37.2 Å². The summed E-state index contributed by atoms with van der Waals surface area (Å²) in [6.45, 7) is 0. The molecule has 0 aliphatic heterocycles. The molecule has 0 atom stereocenters. The molecule has 60 valence electrons. The number of hydrogen-bond donors (Lipinski definition) is 0. The van der Waals surface area contributed by atoms with Gasteiger partial charge >= 0.3 is 0 Å². The molecule has 2 rings (SSSR count). The van der Waals surface area contributed by atoms with Gasteiger partial charge in [-0.2, -0.15) is 0 Å². The first-order chi connectivity index (χ1) is 5.38. The maximum atomic E-state index is 5.79. The van der Waals surface area contributed by atoms with Crippen LogP contribution in [0.5, 0.6) is 0 Å². The van der Waals surface area contributed by atoms with Crippen LogP contribution in [-0.4, -0.2) is 5.16 Å². The van der Waals surface area contributed by atoms with E-state index >= 15 is 0 Å². The van der Waals surface area contributed by atoms with Crippen molar-refractivity contribution >= 4 is 11.6 Å². The third-order valence-corrected chi connectivity index (χ3v) is 2.63. The Bertz CT molecular complexity index is 240. The lowest BCUT2D eigenvalue weighted by molar-refractivity contribution is 0.420. The molecule has 0 N–H and O–H groups in total. The van der Waals surface area contributed by atoms with Crippen molar-refractivity contribution in [3.05, 3.63) is 17.0 Å². The molecule has 1 fully saturated rings. The van der Waals surface area contributed by atoms with E-state index in [1.54, 1.807) is 6.20 Å². The van der Waals surface area contributed by atoms with Crippen molar-refractivity contribution in [2.24, 2.45) is 0 Å². The van der Waals surface area contributed by atoms with Gasteiger partial charge in [-0.1, -0.05) is 18.0 Å². The monoisotopic (exact) mass is 171 g/mol. The van der Waals surface area contributed by atoms with E-state index in [1.807, 2.05) is 0 Å². The fourth-order valence-electron chi connectivity index (χ4n) is 1.74. The molecule has 0 radical (unpaired) electrons. The highest BCUT2D eigenvalue weighted by Gasteiger charge is 2.21. The molecule has 1 heterocycles. The minimum absolute atomic E-state index is 0.483. The van der Waals surface area contributed by atoms with Crippen LogP contribution in [0.2, 0.25) is 5.22 Å². The van der Waals surface area contributed by atoms with Crippen LogP contribution in [0.25, 0.3) is 0 Å². The summed E-state index contributed by atoms with van der Waals surface area (Å²) in [5.41, 5.74) is 1.10. The van der Waals surface area contributed by atoms with E-state index in [1.165, 1.54) is 25.7 Å². The van der Waals surface area contributed by atoms with Crippen molar-refractivity contribution in [3.8, 4) is 0 Å². The molecule has 1 aliphatic rings. The lowest BCUT2D eigenvalue weighted by Gasteiger charge is -2.03. The molecule has 0 spiro atoms. The smallest absolute Gasteiger partial charge is 0.229 e. The normalized spacial score (nSPS) is 19.4. The summed E-state index contributed by atoms with van der Waals surface area (Å²) in [7, 11) is 0. The quantitative estimate of drug-likeness (QED) is 0.649. The van der Waals surface area contributed by atoms with E-state index in [0.717, 1.165) is 5.56 Å². The van der Waals surface area contributed by atoms with Crippen molar-refractivity contribution in [1.29, 1.82) is 0 Å². The minimum Gasteiger partial charge on any atom is -0.344 e. The second-order valence-electron chi connectivity index (χ2n) is 3.04. The molecule has 0 saturated heterocycles. The molecule has 0 unspecified atom stereocenters. The molecule has 0 aromatic carbocycles. The summed E-state index contributed by atoms with van der Waals surface area (Å²) in [4.78, 5) is 0. The van der Waals surface area contributed by atoms with Crippen LogP contribution in [0.15, 0.2) is 10.7 Å². The number of nitrogens with zero attached hydrogens (tertiary/aromatic N) is 1. The number of hydrogen-bond acceptors (Lipinski definition) is 2. The zero-order valence-corrected chi connectivity index (χ0v) is 6.97. The number of rotatable bonds is 1.